The number of nitro benzene ring substituents is 1. The van der Waals surface area contributed by atoms with Gasteiger partial charge in [-0.25, -0.2) is 0 Å². The van der Waals surface area contributed by atoms with Crippen LogP contribution in [0.1, 0.15) is 25.3 Å². The fourth-order valence-corrected chi connectivity index (χ4v) is 1.98. The Hall–Kier alpha value is -2.37. The highest BCUT2D eigenvalue weighted by Crippen LogP contribution is 2.46. The third kappa shape index (κ3) is 3.04. The number of methoxy groups -OCH3 is 2. The van der Waals surface area contributed by atoms with E-state index in [4.69, 9.17) is 9.47 Å². The summed E-state index contributed by atoms with van der Waals surface area (Å²) in [6.45, 7) is 1.89. The Morgan fingerprint density at radius 3 is 2.33 bits per heavy atom. The van der Waals surface area contributed by atoms with E-state index >= 15 is 0 Å². The van der Waals surface area contributed by atoms with Crippen molar-refractivity contribution >= 4 is 17.5 Å². The van der Waals surface area contributed by atoms with Crippen LogP contribution in [0.25, 0.3) is 6.08 Å². The molecule has 21 heavy (non-hydrogen) atoms. The third-order valence-corrected chi connectivity index (χ3v) is 3.74. The van der Waals surface area contributed by atoms with Crippen LogP contribution in [0.5, 0.6) is 11.5 Å². The van der Waals surface area contributed by atoms with Crippen molar-refractivity contribution in [2.24, 2.45) is 5.41 Å². The molecule has 0 aromatic heterocycles. The van der Waals surface area contributed by atoms with Crippen LogP contribution in [0, 0.1) is 15.5 Å². The number of hydrogen-bond acceptors (Lipinski definition) is 5. The van der Waals surface area contributed by atoms with Gasteiger partial charge in [0.25, 0.3) is 5.69 Å². The molecule has 6 heteroatoms. The molecule has 0 spiro atoms. The standard InChI is InChI=1S/C15H17NO5/c1-15(6-7-15)14(17)5-4-10-8-12(20-2)13(21-3)9-11(10)16(18)19/h4-5,8-9H,6-7H2,1-3H3/b5-4+. The number of nitro groups is 1. The monoisotopic (exact) mass is 291 g/mol. The minimum Gasteiger partial charge on any atom is -0.493 e. The Labute approximate surface area is 122 Å². The van der Waals surface area contributed by atoms with Crippen molar-refractivity contribution in [1.82, 2.24) is 0 Å². The number of allylic oxidation sites excluding steroid dienone is 1. The average molecular weight is 291 g/mol. The molecule has 112 valence electrons. The Morgan fingerprint density at radius 2 is 1.86 bits per heavy atom. The van der Waals surface area contributed by atoms with Gasteiger partial charge in [-0.05, 0) is 31.1 Å². The lowest BCUT2D eigenvalue weighted by Crippen LogP contribution is -2.07. The number of ether oxygens (including phenoxy) is 2. The van der Waals surface area contributed by atoms with Crippen molar-refractivity contribution in [3.63, 3.8) is 0 Å². The molecule has 2 rings (SSSR count). The van der Waals surface area contributed by atoms with Crippen molar-refractivity contribution in [1.29, 1.82) is 0 Å². The number of benzene rings is 1. The number of hydrogen-bond donors (Lipinski definition) is 0. The molecule has 0 unspecified atom stereocenters. The number of rotatable bonds is 6. The molecule has 1 aliphatic carbocycles. The van der Waals surface area contributed by atoms with Crippen LogP contribution >= 0.6 is 0 Å². The van der Waals surface area contributed by atoms with E-state index < -0.39 is 4.92 Å². The summed E-state index contributed by atoms with van der Waals surface area (Å²) in [7, 11) is 2.86. The van der Waals surface area contributed by atoms with Crippen LogP contribution in [0.4, 0.5) is 5.69 Å². The Morgan fingerprint density at radius 1 is 1.29 bits per heavy atom. The summed E-state index contributed by atoms with van der Waals surface area (Å²) in [6, 6.07) is 2.79. The quantitative estimate of drug-likeness (QED) is 0.457. The highest BCUT2D eigenvalue weighted by atomic mass is 16.6. The van der Waals surface area contributed by atoms with Gasteiger partial charge in [-0.1, -0.05) is 6.92 Å². The molecule has 0 N–H and O–H groups in total. The van der Waals surface area contributed by atoms with Crippen molar-refractivity contribution in [2.75, 3.05) is 14.2 Å². The summed E-state index contributed by atoms with van der Waals surface area (Å²) in [6.07, 6.45) is 4.60. The van der Waals surface area contributed by atoms with Gasteiger partial charge in [-0.2, -0.15) is 0 Å². The molecule has 0 radical (unpaired) electrons. The zero-order valence-electron chi connectivity index (χ0n) is 12.2. The van der Waals surface area contributed by atoms with Gasteiger partial charge in [0, 0.05) is 5.41 Å². The largest absolute Gasteiger partial charge is 0.493 e. The Balaban J connectivity index is 2.39. The van der Waals surface area contributed by atoms with E-state index in [9.17, 15) is 14.9 Å². The molecule has 0 aliphatic heterocycles. The van der Waals surface area contributed by atoms with E-state index in [0.717, 1.165) is 12.8 Å². The predicted molar refractivity (Wildman–Crippen MR) is 77.6 cm³/mol. The summed E-state index contributed by atoms with van der Waals surface area (Å²) >= 11 is 0. The van der Waals surface area contributed by atoms with Gasteiger partial charge in [-0.15, -0.1) is 0 Å². The van der Waals surface area contributed by atoms with Gasteiger partial charge in [0.15, 0.2) is 17.3 Å². The first-order valence-corrected chi connectivity index (χ1v) is 6.54. The maximum absolute atomic E-state index is 11.9. The van der Waals surface area contributed by atoms with Gasteiger partial charge in [0.2, 0.25) is 0 Å². The molecule has 0 atom stereocenters. The number of carbonyl (C=O) groups excluding carboxylic acids is 1. The van der Waals surface area contributed by atoms with Crippen molar-refractivity contribution in [2.45, 2.75) is 19.8 Å². The van der Waals surface area contributed by atoms with E-state index in [2.05, 4.69) is 0 Å². The second kappa shape index (κ2) is 5.55. The van der Waals surface area contributed by atoms with Crippen molar-refractivity contribution in [3.8, 4) is 11.5 Å². The average Bonchev–Trinajstić information content (AvgIpc) is 3.22. The third-order valence-electron chi connectivity index (χ3n) is 3.74. The molecule has 1 aliphatic rings. The van der Waals surface area contributed by atoms with Crippen LogP contribution in [-0.2, 0) is 4.79 Å². The summed E-state index contributed by atoms with van der Waals surface area (Å²) in [5.74, 6) is 0.654. The lowest BCUT2D eigenvalue weighted by molar-refractivity contribution is -0.385. The second-order valence-corrected chi connectivity index (χ2v) is 5.28. The molecular formula is C15H17NO5. The maximum Gasteiger partial charge on any atom is 0.280 e. The molecule has 0 bridgehead atoms. The smallest absolute Gasteiger partial charge is 0.280 e. The topological polar surface area (TPSA) is 78.7 Å². The Kier molecular flexibility index (Phi) is 3.97. The van der Waals surface area contributed by atoms with Crippen LogP contribution in [0.3, 0.4) is 0 Å². The lowest BCUT2D eigenvalue weighted by atomic mass is 10.0. The lowest BCUT2D eigenvalue weighted by Gasteiger charge is -2.09. The molecule has 1 aromatic carbocycles. The van der Waals surface area contributed by atoms with Gasteiger partial charge in [0.05, 0.1) is 30.8 Å². The SMILES string of the molecule is COc1cc(/C=C/C(=O)C2(C)CC2)c([N+](=O)[O-])cc1OC. The van der Waals surface area contributed by atoms with Crippen LogP contribution < -0.4 is 9.47 Å². The van der Waals surface area contributed by atoms with Gasteiger partial charge in [0.1, 0.15) is 0 Å². The van der Waals surface area contributed by atoms with E-state index in [1.54, 1.807) is 0 Å². The van der Waals surface area contributed by atoms with Crippen LogP contribution in [0.15, 0.2) is 18.2 Å². The normalized spacial score (nSPS) is 15.8. The van der Waals surface area contributed by atoms with Crippen LogP contribution in [-0.4, -0.2) is 24.9 Å². The van der Waals surface area contributed by atoms with Crippen LogP contribution in [0.2, 0.25) is 0 Å². The first-order valence-electron chi connectivity index (χ1n) is 6.54. The summed E-state index contributed by atoms with van der Waals surface area (Å²) in [4.78, 5) is 22.6. The predicted octanol–water partition coefficient (Wildman–Crippen LogP) is 2.99. The zero-order valence-corrected chi connectivity index (χ0v) is 12.2. The molecule has 0 heterocycles. The van der Waals surface area contributed by atoms with E-state index in [-0.39, 0.29) is 22.6 Å². The number of carbonyl (C=O) groups is 1. The molecular weight excluding hydrogens is 274 g/mol. The molecule has 0 saturated heterocycles. The molecule has 1 saturated carbocycles. The van der Waals surface area contributed by atoms with E-state index in [1.165, 1.54) is 38.5 Å². The summed E-state index contributed by atoms with van der Waals surface area (Å²) in [5, 5.41) is 11.1. The minimum absolute atomic E-state index is 0.00779. The molecule has 0 amide bonds. The van der Waals surface area contributed by atoms with Crippen molar-refractivity contribution in [3.05, 3.63) is 33.9 Å². The fourth-order valence-electron chi connectivity index (χ4n) is 1.98. The highest BCUT2D eigenvalue weighted by molar-refractivity contribution is 5.99. The Bertz CT molecular complexity index is 617. The second-order valence-electron chi connectivity index (χ2n) is 5.28. The molecule has 1 fully saturated rings. The number of nitrogens with zero attached hydrogens (tertiary/aromatic N) is 1. The van der Waals surface area contributed by atoms with Gasteiger partial charge < -0.3 is 9.47 Å². The maximum atomic E-state index is 11.9. The van der Waals surface area contributed by atoms with Gasteiger partial charge in [-0.3, -0.25) is 14.9 Å². The van der Waals surface area contributed by atoms with E-state index in [0.29, 0.717) is 11.3 Å². The summed E-state index contributed by atoms with van der Waals surface area (Å²) < 4.78 is 10.2. The summed E-state index contributed by atoms with van der Waals surface area (Å²) in [5.41, 5.74) is -0.102. The first kappa shape index (κ1) is 15.0. The molecule has 1 aromatic rings. The van der Waals surface area contributed by atoms with E-state index in [1.807, 2.05) is 6.92 Å². The fraction of sp³-hybridized carbons (Fsp3) is 0.400. The highest BCUT2D eigenvalue weighted by Gasteiger charge is 2.43. The first-order chi connectivity index (χ1) is 9.91. The van der Waals surface area contributed by atoms with Gasteiger partial charge >= 0.3 is 0 Å². The zero-order chi connectivity index (χ0) is 15.6. The molecule has 6 nitrogen and oxygen atoms in total. The van der Waals surface area contributed by atoms with Crippen molar-refractivity contribution < 1.29 is 19.2 Å². The minimum atomic E-state index is -0.509. The number of ketones is 1.